The Morgan fingerprint density at radius 3 is 2.67 bits per heavy atom. The number of hydrogen-bond donors (Lipinski definition) is 1. The summed E-state index contributed by atoms with van der Waals surface area (Å²) in [6.45, 7) is 6.88. The van der Waals surface area contributed by atoms with Gasteiger partial charge in [0, 0.05) is 12.6 Å². The van der Waals surface area contributed by atoms with Crippen molar-refractivity contribution < 1.29 is 4.39 Å². The summed E-state index contributed by atoms with van der Waals surface area (Å²) in [5.74, 6) is -0.469. The maximum absolute atomic E-state index is 13.3. The normalized spacial score (nSPS) is 12.0. The summed E-state index contributed by atoms with van der Waals surface area (Å²) in [7, 11) is 0. The molecule has 21 heavy (non-hydrogen) atoms. The standard InChI is InChI=1S/C18H19FN2/c1-12-4-5-13(2)17(8-12)14(3)21-11-15-6-7-18(19)16(9-15)10-20/h4-9,14,21H,11H2,1-3H3. The molecule has 2 nitrogen and oxygen atoms in total. The number of rotatable bonds is 4. The first-order valence-electron chi connectivity index (χ1n) is 7.00. The molecule has 0 saturated carbocycles. The molecule has 0 spiro atoms. The van der Waals surface area contributed by atoms with E-state index < -0.39 is 5.82 Å². The van der Waals surface area contributed by atoms with Crippen molar-refractivity contribution in [3.63, 3.8) is 0 Å². The van der Waals surface area contributed by atoms with Gasteiger partial charge in [-0.2, -0.15) is 5.26 Å². The van der Waals surface area contributed by atoms with E-state index in [1.54, 1.807) is 12.1 Å². The minimum atomic E-state index is -0.469. The lowest BCUT2D eigenvalue weighted by Crippen LogP contribution is -2.19. The van der Waals surface area contributed by atoms with Crippen molar-refractivity contribution in [2.75, 3.05) is 0 Å². The Balaban J connectivity index is 2.09. The first-order valence-corrected chi connectivity index (χ1v) is 7.00. The van der Waals surface area contributed by atoms with Crippen LogP contribution in [0.3, 0.4) is 0 Å². The predicted octanol–water partition coefficient (Wildman–Crippen LogP) is 4.17. The molecule has 1 unspecified atom stereocenters. The lowest BCUT2D eigenvalue weighted by Gasteiger charge is -2.17. The summed E-state index contributed by atoms with van der Waals surface area (Å²) in [5.41, 5.74) is 4.74. The largest absolute Gasteiger partial charge is 0.306 e. The minimum Gasteiger partial charge on any atom is -0.306 e. The molecule has 0 bridgehead atoms. The highest BCUT2D eigenvalue weighted by molar-refractivity contribution is 5.35. The van der Waals surface area contributed by atoms with Gasteiger partial charge in [0.25, 0.3) is 0 Å². The Kier molecular flexibility index (Phi) is 4.72. The van der Waals surface area contributed by atoms with Gasteiger partial charge in [0.05, 0.1) is 5.56 Å². The lowest BCUT2D eigenvalue weighted by atomic mass is 10.00. The van der Waals surface area contributed by atoms with Crippen molar-refractivity contribution in [3.05, 3.63) is 70.0 Å². The van der Waals surface area contributed by atoms with Crippen LogP contribution in [-0.4, -0.2) is 0 Å². The maximum atomic E-state index is 13.3. The van der Waals surface area contributed by atoms with Crippen LogP contribution in [0.5, 0.6) is 0 Å². The average Bonchev–Trinajstić information content (AvgIpc) is 2.48. The van der Waals surface area contributed by atoms with Crippen LogP contribution in [0.2, 0.25) is 0 Å². The van der Waals surface area contributed by atoms with Crippen LogP contribution in [0.4, 0.5) is 4.39 Å². The zero-order valence-corrected chi connectivity index (χ0v) is 12.6. The van der Waals surface area contributed by atoms with Gasteiger partial charge in [-0.05, 0) is 49.6 Å². The Hall–Kier alpha value is -2.18. The summed E-state index contributed by atoms with van der Waals surface area (Å²) in [5, 5.41) is 12.3. The fourth-order valence-electron chi connectivity index (χ4n) is 2.38. The number of nitrogens with zero attached hydrogens (tertiary/aromatic N) is 1. The van der Waals surface area contributed by atoms with E-state index in [9.17, 15) is 4.39 Å². The van der Waals surface area contributed by atoms with E-state index in [0.717, 1.165) is 5.56 Å². The van der Waals surface area contributed by atoms with Crippen LogP contribution in [0, 0.1) is 31.0 Å². The summed E-state index contributed by atoms with van der Waals surface area (Å²) < 4.78 is 13.3. The van der Waals surface area contributed by atoms with E-state index in [-0.39, 0.29) is 11.6 Å². The number of aryl methyl sites for hydroxylation is 2. The van der Waals surface area contributed by atoms with Gasteiger partial charge in [-0.25, -0.2) is 4.39 Å². The fraction of sp³-hybridized carbons (Fsp3) is 0.278. The second kappa shape index (κ2) is 6.51. The first-order chi connectivity index (χ1) is 10.0. The molecule has 0 aliphatic rings. The summed E-state index contributed by atoms with van der Waals surface area (Å²) in [6, 6.07) is 13.1. The third-order valence-corrected chi connectivity index (χ3v) is 3.66. The fourth-order valence-corrected chi connectivity index (χ4v) is 2.38. The topological polar surface area (TPSA) is 35.8 Å². The van der Waals surface area contributed by atoms with E-state index >= 15 is 0 Å². The molecule has 0 fully saturated rings. The summed E-state index contributed by atoms with van der Waals surface area (Å²) in [6.07, 6.45) is 0. The quantitative estimate of drug-likeness (QED) is 0.913. The van der Waals surface area contributed by atoms with Crippen LogP contribution < -0.4 is 5.32 Å². The molecule has 0 saturated heterocycles. The lowest BCUT2D eigenvalue weighted by molar-refractivity contribution is 0.570. The molecule has 2 aromatic rings. The smallest absolute Gasteiger partial charge is 0.140 e. The zero-order chi connectivity index (χ0) is 15.4. The van der Waals surface area contributed by atoms with E-state index in [1.165, 1.54) is 22.8 Å². The number of hydrogen-bond acceptors (Lipinski definition) is 2. The molecule has 0 aliphatic carbocycles. The molecule has 1 N–H and O–H groups in total. The van der Waals surface area contributed by atoms with Crippen LogP contribution in [0.25, 0.3) is 0 Å². The molecule has 3 heteroatoms. The number of nitrogens with one attached hydrogen (secondary N) is 1. The molecule has 108 valence electrons. The van der Waals surface area contributed by atoms with E-state index in [0.29, 0.717) is 6.54 Å². The second-order valence-electron chi connectivity index (χ2n) is 5.39. The zero-order valence-electron chi connectivity index (χ0n) is 12.6. The SMILES string of the molecule is Cc1ccc(C)c(C(C)NCc2ccc(F)c(C#N)c2)c1. The van der Waals surface area contributed by atoms with Crippen LogP contribution in [0.1, 0.15) is 40.8 Å². The molecule has 2 aromatic carbocycles. The number of halogens is 1. The van der Waals surface area contributed by atoms with Crippen molar-refractivity contribution in [2.24, 2.45) is 0 Å². The van der Waals surface area contributed by atoms with Gasteiger partial charge in [-0.3, -0.25) is 0 Å². The average molecular weight is 282 g/mol. The molecular formula is C18H19FN2. The third kappa shape index (κ3) is 3.68. The van der Waals surface area contributed by atoms with E-state index in [4.69, 9.17) is 5.26 Å². The molecule has 0 heterocycles. The van der Waals surface area contributed by atoms with Crippen molar-refractivity contribution in [1.82, 2.24) is 5.32 Å². The van der Waals surface area contributed by atoms with Crippen LogP contribution in [0.15, 0.2) is 36.4 Å². The molecule has 1 atom stereocenters. The van der Waals surface area contributed by atoms with Gasteiger partial charge in [-0.15, -0.1) is 0 Å². The number of benzene rings is 2. The van der Waals surface area contributed by atoms with Crippen molar-refractivity contribution >= 4 is 0 Å². The Labute approximate surface area is 125 Å². The molecule has 0 aromatic heterocycles. The van der Waals surface area contributed by atoms with E-state index in [2.05, 4.69) is 44.3 Å². The van der Waals surface area contributed by atoms with Gasteiger partial charge in [0.1, 0.15) is 11.9 Å². The van der Waals surface area contributed by atoms with Crippen molar-refractivity contribution in [2.45, 2.75) is 33.4 Å². The molecule has 0 amide bonds. The first kappa shape index (κ1) is 15.2. The third-order valence-electron chi connectivity index (χ3n) is 3.66. The van der Waals surface area contributed by atoms with Crippen LogP contribution >= 0.6 is 0 Å². The van der Waals surface area contributed by atoms with Gasteiger partial charge in [0.15, 0.2) is 0 Å². The van der Waals surface area contributed by atoms with E-state index in [1.807, 2.05) is 6.07 Å². The highest BCUT2D eigenvalue weighted by Crippen LogP contribution is 2.19. The van der Waals surface area contributed by atoms with Crippen molar-refractivity contribution in [1.29, 1.82) is 5.26 Å². The van der Waals surface area contributed by atoms with Crippen LogP contribution in [-0.2, 0) is 6.54 Å². The van der Waals surface area contributed by atoms with Gasteiger partial charge in [-0.1, -0.05) is 29.8 Å². The predicted molar refractivity (Wildman–Crippen MR) is 82.3 cm³/mol. The van der Waals surface area contributed by atoms with Gasteiger partial charge < -0.3 is 5.32 Å². The summed E-state index contributed by atoms with van der Waals surface area (Å²) >= 11 is 0. The highest BCUT2D eigenvalue weighted by atomic mass is 19.1. The number of nitriles is 1. The molecular weight excluding hydrogens is 263 g/mol. The maximum Gasteiger partial charge on any atom is 0.140 e. The summed E-state index contributed by atoms with van der Waals surface area (Å²) in [4.78, 5) is 0. The Morgan fingerprint density at radius 2 is 1.95 bits per heavy atom. The Morgan fingerprint density at radius 1 is 1.19 bits per heavy atom. The second-order valence-corrected chi connectivity index (χ2v) is 5.39. The minimum absolute atomic E-state index is 0.0914. The van der Waals surface area contributed by atoms with Crippen molar-refractivity contribution in [3.8, 4) is 6.07 Å². The monoisotopic (exact) mass is 282 g/mol. The highest BCUT2D eigenvalue weighted by Gasteiger charge is 2.09. The Bertz CT molecular complexity index is 686. The molecule has 0 radical (unpaired) electrons. The molecule has 2 rings (SSSR count). The van der Waals surface area contributed by atoms with Gasteiger partial charge in [0.2, 0.25) is 0 Å². The van der Waals surface area contributed by atoms with Gasteiger partial charge >= 0.3 is 0 Å². The molecule has 0 aliphatic heterocycles.